The molecule has 0 radical (unpaired) electrons. The molecular formula is C38H25NO. The Labute approximate surface area is 232 Å². The van der Waals surface area contributed by atoms with Gasteiger partial charge in [0.15, 0.2) is 0 Å². The highest BCUT2D eigenvalue weighted by Crippen LogP contribution is 2.46. The summed E-state index contributed by atoms with van der Waals surface area (Å²) in [7, 11) is 0. The van der Waals surface area contributed by atoms with Crippen molar-refractivity contribution in [2.75, 3.05) is 4.90 Å². The molecule has 1 heterocycles. The van der Waals surface area contributed by atoms with Crippen LogP contribution in [0.15, 0.2) is 156 Å². The van der Waals surface area contributed by atoms with Crippen LogP contribution in [0.4, 0.5) is 17.1 Å². The molecule has 0 saturated heterocycles. The predicted molar refractivity (Wildman–Crippen MR) is 169 cm³/mol. The summed E-state index contributed by atoms with van der Waals surface area (Å²) >= 11 is 0. The van der Waals surface area contributed by atoms with Gasteiger partial charge in [0.1, 0.15) is 11.2 Å². The summed E-state index contributed by atoms with van der Waals surface area (Å²) < 4.78 is 6.31. The number of para-hydroxylation sites is 3. The highest BCUT2D eigenvalue weighted by atomic mass is 16.3. The van der Waals surface area contributed by atoms with Gasteiger partial charge < -0.3 is 9.32 Å². The summed E-state index contributed by atoms with van der Waals surface area (Å²) in [6.45, 7) is 0. The smallest absolute Gasteiger partial charge is 0.136 e. The Morgan fingerprint density at radius 3 is 1.95 bits per heavy atom. The minimum atomic E-state index is 0.910. The van der Waals surface area contributed by atoms with Crippen LogP contribution in [0.1, 0.15) is 0 Å². The van der Waals surface area contributed by atoms with E-state index < -0.39 is 0 Å². The van der Waals surface area contributed by atoms with Crippen LogP contribution in [-0.4, -0.2) is 0 Å². The first kappa shape index (κ1) is 22.6. The summed E-state index contributed by atoms with van der Waals surface area (Å²) in [5.41, 5.74) is 7.57. The lowest BCUT2D eigenvalue weighted by Crippen LogP contribution is -2.11. The molecule has 2 heteroatoms. The van der Waals surface area contributed by atoms with Crippen LogP contribution in [0.3, 0.4) is 0 Å². The van der Waals surface area contributed by atoms with Crippen molar-refractivity contribution in [1.29, 1.82) is 0 Å². The molecule has 0 aliphatic heterocycles. The van der Waals surface area contributed by atoms with Crippen molar-refractivity contribution in [2.45, 2.75) is 0 Å². The molecule has 40 heavy (non-hydrogen) atoms. The molecule has 0 atom stereocenters. The van der Waals surface area contributed by atoms with Crippen molar-refractivity contribution >= 4 is 60.5 Å². The Morgan fingerprint density at radius 2 is 1.02 bits per heavy atom. The van der Waals surface area contributed by atoms with Gasteiger partial charge in [-0.05, 0) is 52.7 Å². The zero-order valence-corrected chi connectivity index (χ0v) is 21.8. The van der Waals surface area contributed by atoms with E-state index in [1.54, 1.807) is 0 Å². The largest absolute Gasteiger partial charge is 0.456 e. The van der Waals surface area contributed by atoms with Crippen molar-refractivity contribution in [1.82, 2.24) is 0 Å². The number of hydrogen-bond acceptors (Lipinski definition) is 2. The Bertz CT molecular complexity index is 2170. The first-order valence-corrected chi connectivity index (χ1v) is 13.6. The predicted octanol–water partition coefficient (Wildman–Crippen LogP) is 11.0. The van der Waals surface area contributed by atoms with E-state index in [2.05, 4.69) is 150 Å². The third kappa shape index (κ3) is 3.50. The quantitative estimate of drug-likeness (QED) is 0.234. The number of fused-ring (bicyclic) bond motifs is 6. The van der Waals surface area contributed by atoms with E-state index in [1.165, 1.54) is 32.7 Å². The molecular weight excluding hydrogens is 486 g/mol. The maximum absolute atomic E-state index is 6.31. The van der Waals surface area contributed by atoms with E-state index in [1.807, 2.05) is 6.07 Å². The first-order chi connectivity index (χ1) is 19.9. The summed E-state index contributed by atoms with van der Waals surface area (Å²) in [4.78, 5) is 2.39. The van der Waals surface area contributed by atoms with Crippen LogP contribution in [0.5, 0.6) is 0 Å². The molecule has 0 spiro atoms. The molecule has 0 fully saturated rings. The molecule has 0 aliphatic rings. The number of anilines is 3. The number of benzene rings is 7. The first-order valence-electron chi connectivity index (χ1n) is 13.6. The van der Waals surface area contributed by atoms with Crippen LogP contribution in [0.25, 0.3) is 54.6 Å². The van der Waals surface area contributed by atoms with E-state index in [0.29, 0.717) is 0 Å². The third-order valence-electron chi connectivity index (χ3n) is 7.84. The molecule has 8 rings (SSSR count). The second kappa shape index (κ2) is 9.14. The Kier molecular flexibility index (Phi) is 5.17. The van der Waals surface area contributed by atoms with Crippen LogP contribution in [-0.2, 0) is 0 Å². The van der Waals surface area contributed by atoms with Gasteiger partial charge in [0, 0.05) is 32.8 Å². The average Bonchev–Trinajstić information content (AvgIpc) is 3.41. The number of nitrogens with zero attached hydrogens (tertiary/aromatic N) is 1. The molecule has 0 saturated carbocycles. The van der Waals surface area contributed by atoms with E-state index >= 15 is 0 Å². The van der Waals surface area contributed by atoms with Gasteiger partial charge in [0.05, 0.1) is 11.4 Å². The number of hydrogen-bond donors (Lipinski definition) is 0. The van der Waals surface area contributed by atoms with Gasteiger partial charge in [-0.15, -0.1) is 0 Å². The standard InChI is InChI=1S/C38H25NO/c1-2-15-28(16-3-1)39(33-22-11-13-26-12-4-5-17-29(26)33)34-21-8-6-18-30(34)31-20-10-14-27-24-25-36-38(37(27)31)32-19-7-9-23-35(32)40-36/h1-25H. The summed E-state index contributed by atoms with van der Waals surface area (Å²) in [6.07, 6.45) is 0. The lowest BCUT2D eigenvalue weighted by atomic mass is 9.93. The Balaban J connectivity index is 1.47. The molecule has 8 aromatic rings. The number of furan rings is 1. The molecule has 0 unspecified atom stereocenters. The highest BCUT2D eigenvalue weighted by Gasteiger charge is 2.21. The highest BCUT2D eigenvalue weighted by molar-refractivity contribution is 6.23. The van der Waals surface area contributed by atoms with Gasteiger partial charge in [0.2, 0.25) is 0 Å². The lowest BCUT2D eigenvalue weighted by molar-refractivity contribution is 0.669. The van der Waals surface area contributed by atoms with Crippen LogP contribution in [0, 0.1) is 0 Å². The molecule has 0 amide bonds. The van der Waals surface area contributed by atoms with Crippen molar-refractivity contribution in [3.63, 3.8) is 0 Å². The fraction of sp³-hybridized carbons (Fsp3) is 0. The maximum atomic E-state index is 6.31. The SMILES string of the molecule is c1ccc(N(c2ccccc2-c2cccc3ccc4oc5ccccc5c4c23)c2cccc3ccccc23)cc1. The van der Waals surface area contributed by atoms with Gasteiger partial charge in [-0.2, -0.15) is 0 Å². The van der Waals surface area contributed by atoms with Crippen molar-refractivity contribution in [3.8, 4) is 11.1 Å². The maximum Gasteiger partial charge on any atom is 0.136 e. The van der Waals surface area contributed by atoms with Crippen LogP contribution < -0.4 is 4.90 Å². The zero-order valence-electron chi connectivity index (χ0n) is 21.8. The Hall–Kier alpha value is -5.34. The molecule has 0 bridgehead atoms. The van der Waals surface area contributed by atoms with Gasteiger partial charge in [-0.25, -0.2) is 0 Å². The fourth-order valence-corrected chi connectivity index (χ4v) is 6.10. The van der Waals surface area contributed by atoms with Gasteiger partial charge in [-0.3, -0.25) is 0 Å². The third-order valence-corrected chi connectivity index (χ3v) is 7.84. The van der Waals surface area contributed by atoms with E-state index in [-0.39, 0.29) is 0 Å². The number of rotatable bonds is 4. The van der Waals surface area contributed by atoms with Gasteiger partial charge in [0.25, 0.3) is 0 Å². The molecule has 1 aromatic heterocycles. The summed E-state index contributed by atoms with van der Waals surface area (Å²) in [5, 5.41) is 7.14. The fourth-order valence-electron chi connectivity index (χ4n) is 6.10. The van der Waals surface area contributed by atoms with E-state index in [9.17, 15) is 0 Å². The topological polar surface area (TPSA) is 16.4 Å². The van der Waals surface area contributed by atoms with Gasteiger partial charge >= 0.3 is 0 Å². The van der Waals surface area contributed by atoms with Gasteiger partial charge in [-0.1, -0.05) is 115 Å². The normalized spacial score (nSPS) is 11.5. The van der Waals surface area contributed by atoms with E-state index in [4.69, 9.17) is 4.42 Å². The molecule has 2 nitrogen and oxygen atoms in total. The molecule has 0 N–H and O–H groups in total. The Morgan fingerprint density at radius 1 is 0.375 bits per heavy atom. The molecule has 188 valence electrons. The average molecular weight is 512 g/mol. The molecule has 0 aliphatic carbocycles. The van der Waals surface area contributed by atoms with Crippen molar-refractivity contribution < 1.29 is 4.42 Å². The zero-order chi connectivity index (χ0) is 26.5. The second-order valence-electron chi connectivity index (χ2n) is 10.1. The van der Waals surface area contributed by atoms with E-state index in [0.717, 1.165) is 39.0 Å². The second-order valence-corrected chi connectivity index (χ2v) is 10.1. The van der Waals surface area contributed by atoms with Crippen LogP contribution in [0.2, 0.25) is 0 Å². The molecule has 7 aromatic carbocycles. The monoisotopic (exact) mass is 511 g/mol. The summed E-state index contributed by atoms with van der Waals surface area (Å²) in [6, 6.07) is 53.8. The lowest BCUT2D eigenvalue weighted by Gasteiger charge is -2.29. The van der Waals surface area contributed by atoms with Crippen molar-refractivity contribution in [3.05, 3.63) is 152 Å². The van der Waals surface area contributed by atoms with Crippen LogP contribution >= 0.6 is 0 Å². The van der Waals surface area contributed by atoms with Crippen molar-refractivity contribution in [2.24, 2.45) is 0 Å². The minimum Gasteiger partial charge on any atom is -0.456 e. The summed E-state index contributed by atoms with van der Waals surface area (Å²) in [5.74, 6) is 0. The minimum absolute atomic E-state index is 0.910.